The van der Waals surface area contributed by atoms with Crippen LogP contribution in [0.15, 0.2) is 95.9 Å². The number of aliphatic hydroxyl groups is 2. The number of ether oxygens (including phenoxy) is 4. The fourth-order valence-corrected chi connectivity index (χ4v) is 4.23. The number of rotatable bonds is 13. The topological polar surface area (TPSA) is 132 Å². The summed E-state index contributed by atoms with van der Waals surface area (Å²) >= 11 is 0. The summed E-state index contributed by atoms with van der Waals surface area (Å²) in [5.74, 6) is 1.53. The summed E-state index contributed by atoms with van der Waals surface area (Å²) in [6, 6.07) is 25.5. The van der Waals surface area contributed by atoms with Crippen LogP contribution in [-0.4, -0.2) is 61.8 Å². The molecule has 3 N–H and O–H groups in total. The van der Waals surface area contributed by atoms with E-state index >= 15 is 0 Å². The lowest BCUT2D eigenvalue weighted by atomic mass is 10.1. The molecule has 0 aromatic heterocycles. The minimum Gasteiger partial charge on any atom is -0.491 e. The van der Waals surface area contributed by atoms with Crippen molar-refractivity contribution in [3.8, 4) is 23.0 Å². The molecule has 0 heterocycles. The molecule has 200 valence electrons. The molecule has 2 atom stereocenters. The molecule has 0 radical (unpaired) electrons. The van der Waals surface area contributed by atoms with E-state index in [2.05, 4.69) is 0 Å². The van der Waals surface area contributed by atoms with Gasteiger partial charge in [-0.3, -0.25) is 4.55 Å². The van der Waals surface area contributed by atoms with Crippen molar-refractivity contribution < 1.29 is 42.1 Å². The molecule has 2 unspecified atom stereocenters. The van der Waals surface area contributed by atoms with Crippen LogP contribution in [0.2, 0.25) is 0 Å². The lowest BCUT2D eigenvalue weighted by Crippen LogP contribution is -2.25. The lowest BCUT2D eigenvalue weighted by Gasteiger charge is -2.17. The highest BCUT2D eigenvalue weighted by molar-refractivity contribution is 7.86. The molecule has 0 saturated heterocycles. The number of hydrogen-bond donors (Lipinski definition) is 3. The molecular formula is C28H28O9S. The van der Waals surface area contributed by atoms with E-state index in [1.54, 1.807) is 54.6 Å². The Morgan fingerprint density at radius 2 is 1.11 bits per heavy atom. The minimum atomic E-state index is -4.61. The largest absolute Gasteiger partial charge is 0.491 e. The molecular weight excluding hydrogens is 512 g/mol. The van der Waals surface area contributed by atoms with Crippen molar-refractivity contribution >= 4 is 20.9 Å². The summed E-state index contributed by atoms with van der Waals surface area (Å²) < 4.78 is 56.1. The first-order valence-corrected chi connectivity index (χ1v) is 13.3. The van der Waals surface area contributed by atoms with Crippen LogP contribution in [0.4, 0.5) is 0 Å². The van der Waals surface area contributed by atoms with Crippen molar-refractivity contribution in [1.82, 2.24) is 0 Å². The van der Waals surface area contributed by atoms with Crippen LogP contribution in [-0.2, 0) is 10.1 Å². The number of fused-ring (bicyclic) bond motifs is 1. The maximum atomic E-state index is 12.0. The summed E-state index contributed by atoms with van der Waals surface area (Å²) in [7, 11) is -4.61. The molecule has 0 bridgehead atoms. The monoisotopic (exact) mass is 540 g/mol. The molecule has 0 fully saturated rings. The number of benzene rings is 4. The molecule has 0 aliphatic heterocycles. The van der Waals surface area contributed by atoms with E-state index in [9.17, 15) is 23.2 Å². The van der Waals surface area contributed by atoms with E-state index in [4.69, 9.17) is 18.9 Å². The summed E-state index contributed by atoms with van der Waals surface area (Å²) in [6.45, 7) is -0.341. The van der Waals surface area contributed by atoms with Crippen molar-refractivity contribution in [1.29, 1.82) is 0 Å². The van der Waals surface area contributed by atoms with Crippen LogP contribution in [0.3, 0.4) is 0 Å². The van der Waals surface area contributed by atoms with E-state index in [-0.39, 0.29) is 32.2 Å². The van der Waals surface area contributed by atoms with E-state index in [0.29, 0.717) is 28.0 Å². The van der Waals surface area contributed by atoms with Crippen molar-refractivity contribution in [2.24, 2.45) is 0 Å². The molecule has 38 heavy (non-hydrogen) atoms. The number of para-hydroxylation sites is 2. The predicted molar refractivity (Wildman–Crippen MR) is 141 cm³/mol. The number of hydrogen-bond acceptors (Lipinski definition) is 8. The maximum Gasteiger partial charge on any atom is 0.298 e. The van der Waals surface area contributed by atoms with Gasteiger partial charge in [-0.15, -0.1) is 0 Å². The Bertz CT molecular complexity index is 1430. The third kappa shape index (κ3) is 7.59. The molecule has 4 aromatic carbocycles. The van der Waals surface area contributed by atoms with Crippen LogP contribution >= 0.6 is 0 Å². The third-order valence-corrected chi connectivity index (χ3v) is 6.29. The average molecular weight is 541 g/mol. The summed E-state index contributed by atoms with van der Waals surface area (Å²) in [5.41, 5.74) is 0. The fraction of sp³-hybridized carbons (Fsp3) is 0.214. The molecule has 0 saturated carbocycles. The first-order valence-electron chi connectivity index (χ1n) is 11.8. The smallest absolute Gasteiger partial charge is 0.298 e. The standard InChI is InChI=1S/C28H28O9S/c29-21(16-34-23-7-3-1-4-8-23)18-36-25-12-13-26-20(15-25)11-14-27(38(31,32)33)28(26)37-19-22(30)17-35-24-9-5-2-6-10-24/h1-15,21-22,29-30H,16-19H2,(H,31,32,33). The lowest BCUT2D eigenvalue weighted by molar-refractivity contribution is 0.0620. The zero-order chi connectivity index (χ0) is 27.0. The zero-order valence-corrected chi connectivity index (χ0v) is 21.2. The van der Waals surface area contributed by atoms with Crippen molar-refractivity contribution in [2.75, 3.05) is 26.4 Å². The van der Waals surface area contributed by atoms with Gasteiger partial charge in [-0.05, 0) is 53.9 Å². The molecule has 4 rings (SSSR count). The van der Waals surface area contributed by atoms with Gasteiger partial charge in [0.2, 0.25) is 0 Å². The Balaban J connectivity index is 1.42. The van der Waals surface area contributed by atoms with Crippen LogP contribution in [0.5, 0.6) is 23.0 Å². The average Bonchev–Trinajstić information content (AvgIpc) is 2.92. The maximum absolute atomic E-state index is 12.0. The summed E-state index contributed by atoms with van der Waals surface area (Å²) in [4.78, 5) is -0.427. The first kappa shape index (κ1) is 27.2. The molecule has 0 aliphatic rings. The second kappa shape index (κ2) is 12.6. The van der Waals surface area contributed by atoms with Crippen molar-refractivity contribution in [2.45, 2.75) is 17.1 Å². The van der Waals surface area contributed by atoms with Gasteiger partial charge in [0.15, 0.2) is 0 Å². The molecule has 10 heteroatoms. The Morgan fingerprint density at radius 1 is 0.605 bits per heavy atom. The van der Waals surface area contributed by atoms with Gasteiger partial charge in [0.25, 0.3) is 10.1 Å². The highest BCUT2D eigenvalue weighted by atomic mass is 32.2. The highest BCUT2D eigenvalue weighted by Gasteiger charge is 2.21. The van der Waals surface area contributed by atoms with Gasteiger partial charge in [0.05, 0.1) is 0 Å². The SMILES string of the molecule is O=S(=O)(O)c1ccc2cc(OCC(O)COc3ccccc3)ccc2c1OCC(O)COc1ccccc1. The quantitative estimate of drug-likeness (QED) is 0.217. The van der Waals surface area contributed by atoms with Gasteiger partial charge in [-0.25, -0.2) is 0 Å². The normalized spacial score (nSPS) is 13.0. The Hall–Kier alpha value is -3.83. The van der Waals surface area contributed by atoms with Gasteiger partial charge in [-0.1, -0.05) is 42.5 Å². The predicted octanol–water partition coefficient (Wildman–Crippen LogP) is 3.72. The summed E-state index contributed by atoms with van der Waals surface area (Å²) in [5, 5.41) is 21.4. The second-order valence-corrected chi connectivity index (χ2v) is 9.82. The van der Waals surface area contributed by atoms with E-state index < -0.39 is 27.2 Å². The zero-order valence-electron chi connectivity index (χ0n) is 20.3. The molecule has 0 aliphatic carbocycles. The molecule has 9 nitrogen and oxygen atoms in total. The Labute approximate surface area is 220 Å². The Kier molecular flexibility index (Phi) is 9.03. The Morgan fingerprint density at radius 3 is 1.63 bits per heavy atom. The van der Waals surface area contributed by atoms with Crippen molar-refractivity contribution in [3.05, 3.63) is 91.0 Å². The van der Waals surface area contributed by atoms with E-state index in [1.165, 1.54) is 12.1 Å². The third-order valence-electron chi connectivity index (χ3n) is 5.42. The minimum absolute atomic E-state index is 0.0294. The molecule has 0 amide bonds. The van der Waals surface area contributed by atoms with E-state index in [1.807, 2.05) is 24.3 Å². The van der Waals surface area contributed by atoms with Gasteiger partial charge < -0.3 is 29.2 Å². The van der Waals surface area contributed by atoms with Gasteiger partial charge in [0, 0.05) is 5.39 Å². The van der Waals surface area contributed by atoms with Gasteiger partial charge in [0.1, 0.15) is 66.5 Å². The second-order valence-electron chi connectivity index (χ2n) is 8.43. The van der Waals surface area contributed by atoms with E-state index in [0.717, 1.165) is 0 Å². The van der Waals surface area contributed by atoms with Crippen LogP contribution in [0, 0.1) is 0 Å². The van der Waals surface area contributed by atoms with Crippen LogP contribution in [0.25, 0.3) is 10.8 Å². The van der Waals surface area contributed by atoms with Gasteiger partial charge >= 0.3 is 0 Å². The molecule has 0 spiro atoms. The first-order chi connectivity index (χ1) is 18.3. The number of aliphatic hydroxyl groups excluding tert-OH is 2. The van der Waals surface area contributed by atoms with Gasteiger partial charge in [-0.2, -0.15) is 8.42 Å². The summed E-state index contributed by atoms with van der Waals surface area (Å²) in [6.07, 6.45) is -1.95. The molecule has 4 aromatic rings. The fourth-order valence-electron chi connectivity index (χ4n) is 3.59. The van der Waals surface area contributed by atoms with Crippen molar-refractivity contribution in [3.63, 3.8) is 0 Å². The van der Waals surface area contributed by atoms with Crippen LogP contribution in [0.1, 0.15) is 0 Å². The highest BCUT2D eigenvalue weighted by Crippen LogP contribution is 2.35. The van der Waals surface area contributed by atoms with Crippen LogP contribution < -0.4 is 18.9 Å².